The van der Waals surface area contributed by atoms with Crippen LogP contribution in [-0.2, 0) is 16.1 Å². The van der Waals surface area contributed by atoms with Gasteiger partial charge in [0, 0.05) is 30.8 Å². The number of H-pyrrole nitrogens is 1. The van der Waals surface area contributed by atoms with Gasteiger partial charge >= 0.3 is 0 Å². The number of amides is 2. The molecule has 4 N–H and O–H groups in total. The topological polar surface area (TPSA) is 117 Å². The number of aromatic amines is 1. The number of nitrogens with zero attached hydrogens (tertiary/aromatic N) is 3. The summed E-state index contributed by atoms with van der Waals surface area (Å²) in [4.78, 5) is 30.0. The third-order valence-electron chi connectivity index (χ3n) is 4.10. The number of anilines is 1. The number of likely N-dealkylation sites (tertiary alicyclic amines) is 1. The molecular weight excluding hydrogens is 344 g/mol. The van der Waals surface area contributed by atoms with Crippen molar-refractivity contribution in [2.45, 2.75) is 19.9 Å². The van der Waals surface area contributed by atoms with Crippen LogP contribution in [0.2, 0.25) is 0 Å². The van der Waals surface area contributed by atoms with Crippen molar-refractivity contribution in [2.75, 3.05) is 18.4 Å². The second kappa shape index (κ2) is 8.09. The number of hydrogen-bond acceptors (Lipinski definition) is 5. The maximum Gasteiger partial charge on any atom is 0.229 e. The van der Waals surface area contributed by atoms with Crippen molar-refractivity contribution in [3.05, 3.63) is 30.1 Å². The van der Waals surface area contributed by atoms with Gasteiger partial charge in [-0.05, 0) is 31.2 Å². The lowest BCUT2D eigenvalue weighted by molar-refractivity contribution is -0.128. The van der Waals surface area contributed by atoms with Crippen LogP contribution in [-0.4, -0.2) is 45.0 Å². The van der Waals surface area contributed by atoms with Crippen molar-refractivity contribution in [3.63, 3.8) is 0 Å². The van der Waals surface area contributed by atoms with Crippen molar-refractivity contribution in [1.29, 1.82) is 0 Å². The number of nitrogens with one attached hydrogen (secondary N) is 2. The molecule has 1 atom stereocenters. The lowest BCUT2D eigenvalue weighted by Crippen LogP contribution is -2.28. The highest BCUT2D eigenvalue weighted by Gasteiger charge is 2.33. The molecule has 1 aromatic carbocycles. The van der Waals surface area contributed by atoms with E-state index in [4.69, 9.17) is 5.73 Å². The number of halogens is 1. The molecule has 0 radical (unpaired) electrons. The average molecular weight is 365 g/mol. The van der Waals surface area contributed by atoms with Gasteiger partial charge in [0.25, 0.3) is 0 Å². The Balaban J connectivity index is 0.00000225. The minimum Gasteiger partial charge on any atom is -0.342 e. The van der Waals surface area contributed by atoms with Gasteiger partial charge in [0.2, 0.25) is 11.8 Å². The predicted octanol–water partition coefficient (Wildman–Crippen LogP) is 1.16. The minimum absolute atomic E-state index is 0. The van der Waals surface area contributed by atoms with Crippen molar-refractivity contribution < 1.29 is 9.59 Å². The highest BCUT2D eigenvalue weighted by Crippen LogP contribution is 2.21. The second-order valence-electron chi connectivity index (χ2n) is 5.71. The van der Waals surface area contributed by atoms with Crippen molar-refractivity contribution in [1.82, 2.24) is 20.1 Å². The van der Waals surface area contributed by atoms with Crippen molar-refractivity contribution in [2.24, 2.45) is 11.7 Å². The number of aromatic nitrogens is 3. The van der Waals surface area contributed by atoms with Crippen LogP contribution < -0.4 is 11.1 Å². The number of carbonyl (C=O) groups is 2. The first kappa shape index (κ1) is 18.9. The zero-order valence-corrected chi connectivity index (χ0v) is 14.7. The molecule has 3 rings (SSSR count). The molecule has 1 aromatic heterocycles. The van der Waals surface area contributed by atoms with Crippen molar-refractivity contribution >= 4 is 29.9 Å². The van der Waals surface area contributed by atoms with Crippen LogP contribution in [0.25, 0.3) is 11.4 Å². The maximum absolute atomic E-state index is 12.3. The van der Waals surface area contributed by atoms with E-state index in [1.165, 1.54) is 0 Å². The van der Waals surface area contributed by atoms with Crippen LogP contribution in [0.1, 0.15) is 19.2 Å². The van der Waals surface area contributed by atoms with E-state index in [-0.39, 0.29) is 36.6 Å². The summed E-state index contributed by atoms with van der Waals surface area (Å²) in [5.41, 5.74) is 7.01. The summed E-state index contributed by atoms with van der Waals surface area (Å²) < 4.78 is 0. The Morgan fingerprint density at radius 1 is 1.40 bits per heavy atom. The molecule has 1 saturated heterocycles. The molecule has 2 aromatic rings. The van der Waals surface area contributed by atoms with Crippen LogP contribution in [0.5, 0.6) is 0 Å². The van der Waals surface area contributed by atoms with Gasteiger partial charge in [-0.3, -0.25) is 14.7 Å². The van der Waals surface area contributed by atoms with Crippen LogP contribution >= 0.6 is 12.4 Å². The molecule has 2 amide bonds. The molecule has 1 aliphatic heterocycles. The molecule has 0 bridgehead atoms. The number of hydrogen-bond donors (Lipinski definition) is 3. The van der Waals surface area contributed by atoms with Crippen LogP contribution in [0.3, 0.4) is 0 Å². The summed E-state index contributed by atoms with van der Waals surface area (Å²) in [7, 11) is 0. The molecule has 2 heterocycles. The van der Waals surface area contributed by atoms with Crippen molar-refractivity contribution in [3.8, 4) is 11.4 Å². The summed E-state index contributed by atoms with van der Waals surface area (Å²) in [6, 6.07) is 7.24. The Morgan fingerprint density at radius 2 is 2.12 bits per heavy atom. The highest BCUT2D eigenvalue weighted by molar-refractivity contribution is 5.97. The summed E-state index contributed by atoms with van der Waals surface area (Å²) in [6.07, 6.45) is 0.275. The zero-order chi connectivity index (χ0) is 17.1. The summed E-state index contributed by atoms with van der Waals surface area (Å²) in [5.74, 6) is 0.794. The largest absolute Gasteiger partial charge is 0.342 e. The molecular formula is C16H21ClN6O2. The van der Waals surface area contributed by atoms with Gasteiger partial charge in [0.15, 0.2) is 5.82 Å². The summed E-state index contributed by atoms with van der Waals surface area (Å²) in [6.45, 7) is 3.34. The van der Waals surface area contributed by atoms with Gasteiger partial charge in [0.1, 0.15) is 5.82 Å². The van der Waals surface area contributed by atoms with Crippen LogP contribution in [0, 0.1) is 5.92 Å². The summed E-state index contributed by atoms with van der Waals surface area (Å²) >= 11 is 0. The Kier molecular flexibility index (Phi) is 6.11. The van der Waals surface area contributed by atoms with Gasteiger partial charge < -0.3 is 16.0 Å². The number of rotatable bonds is 5. The van der Waals surface area contributed by atoms with E-state index in [2.05, 4.69) is 20.5 Å². The third kappa shape index (κ3) is 4.15. The zero-order valence-electron chi connectivity index (χ0n) is 13.9. The van der Waals surface area contributed by atoms with Crippen LogP contribution in [0.4, 0.5) is 5.69 Å². The lowest BCUT2D eigenvalue weighted by atomic mass is 10.1. The SMILES string of the molecule is CCN1CC(C(=O)Nc2ccc(-c3n[nH]c(CN)n3)cc2)CC1=O.Cl. The van der Waals surface area contributed by atoms with E-state index in [1.807, 2.05) is 19.1 Å². The molecule has 0 saturated carbocycles. The first-order chi connectivity index (χ1) is 11.6. The molecule has 25 heavy (non-hydrogen) atoms. The lowest BCUT2D eigenvalue weighted by Gasteiger charge is -2.13. The predicted molar refractivity (Wildman–Crippen MR) is 95.9 cm³/mol. The number of carbonyl (C=O) groups excluding carboxylic acids is 2. The third-order valence-corrected chi connectivity index (χ3v) is 4.10. The Bertz CT molecular complexity index is 745. The molecule has 1 fully saturated rings. The second-order valence-corrected chi connectivity index (χ2v) is 5.71. The first-order valence-electron chi connectivity index (χ1n) is 7.91. The highest BCUT2D eigenvalue weighted by atomic mass is 35.5. The fraction of sp³-hybridized carbons (Fsp3) is 0.375. The average Bonchev–Trinajstić information content (AvgIpc) is 3.22. The molecule has 134 valence electrons. The van der Waals surface area contributed by atoms with E-state index < -0.39 is 0 Å². The van der Waals surface area contributed by atoms with Gasteiger partial charge in [-0.2, -0.15) is 5.10 Å². The Morgan fingerprint density at radius 3 is 2.68 bits per heavy atom. The van der Waals surface area contributed by atoms with Gasteiger partial charge in [-0.25, -0.2) is 4.98 Å². The summed E-state index contributed by atoms with van der Waals surface area (Å²) in [5, 5.41) is 9.71. The maximum atomic E-state index is 12.3. The standard InChI is InChI=1S/C16H20N6O2.ClH/c1-2-22-9-11(7-14(22)23)16(24)18-12-5-3-10(4-6-12)15-19-13(8-17)20-21-15;/h3-6,11H,2,7-9,17H2,1H3,(H,18,24)(H,19,20,21);1H. The van der Waals surface area contributed by atoms with Crippen LogP contribution in [0.15, 0.2) is 24.3 Å². The van der Waals surface area contributed by atoms with E-state index in [0.717, 1.165) is 5.56 Å². The molecule has 1 aliphatic rings. The Hall–Kier alpha value is -2.45. The van der Waals surface area contributed by atoms with Gasteiger partial charge in [-0.15, -0.1) is 12.4 Å². The van der Waals surface area contributed by atoms with E-state index in [0.29, 0.717) is 37.0 Å². The van der Waals surface area contributed by atoms with Gasteiger partial charge in [0.05, 0.1) is 12.5 Å². The molecule has 8 nitrogen and oxygen atoms in total. The smallest absolute Gasteiger partial charge is 0.229 e. The monoisotopic (exact) mass is 364 g/mol. The fourth-order valence-corrected chi connectivity index (χ4v) is 2.72. The van der Waals surface area contributed by atoms with Gasteiger partial charge in [-0.1, -0.05) is 0 Å². The minimum atomic E-state index is -0.294. The number of benzene rings is 1. The normalized spacial score (nSPS) is 16.6. The molecule has 0 aliphatic carbocycles. The quantitative estimate of drug-likeness (QED) is 0.736. The Labute approximate surface area is 151 Å². The first-order valence-corrected chi connectivity index (χ1v) is 7.91. The fourth-order valence-electron chi connectivity index (χ4n) is 2.72. The molecule has 1 unspecified atom stereocenters. The van der Waals surface area contributed by atoms with E-state index in [1.54, 1.807) is 17.0 Å². The number of nitrogens with two attached hydrogens (primary N) is 1. The molecule has 9 heteroatoms. The molecule has 0 spiro atoms. The van der Waals surface area contributed by atoms with E-state index >= 15 is 0 Å². The van der Waals surface area contributed by atoms with E-state index in [9.17, 15) is 9.59 Å².